The minimum absolute atomic E-state index is 0.0217. The summed E-state index contributed by atoms with van der Waals surface area (Å²) in [7, 11) is 0. The van der Waals surface area contributed by atoms with E-state index in [0.717, 1.165) is 25.0 Å². The van der Waals surface area contributed by atoms with Gasteiger partial charge < -0.3 is 11.5 Å². The van der Waals surface area contributed by atoms with Crippen molar-refractivity contribution in [1.29, 1.82) is 0 Å². The quantitative estimate of drug-likeness (QED) is 0.793. The van der Waals surface area contributed by atoms with Gasteiger partial charge in [-0.05, 0) is 44.7 Å². The van der Waals surface area contributed by atoms with Crippen molar-refractivity contribution in [3.05, 3.63) is 47.3 Å². The number of nitrogens with zero attached hydrogens (tertiary/aromatic N) is 2. The molecule has 3 rings (SSSR count). The smallest absolute Gasteiger partial charge is 0.328 e. The van der Waals surface area contributed by atoms with Crippen LogP contribution in [0.4, 0.5) is 17.6 Å². The summed E-state index contributed by atoms with van der Waals surface area (Å²) >= 11 is 0. The monoisotopic (exact) mass is 368 g/mol. The second-order valence-electron chi connectivity index (χ2n) is 6.90. The summed E-state index contributed by atoms with van der Waals surface area (Å²) in [6, 6.07) is 2.40. The van der Waals surface area contributed by atoms with E-state index in [9.17, 15) is 17.6 Å². The Morgan fingerprint density at radius 1 is 1.23 bits per heavy atom. The number of halogens is 4. The predicted octanol–water partition coefficient (Wildman–Crippen LogP) is 3.67. The molecule has 1 aromatic carbocycles. The lowest BCUT2D eigenvalue weighted by molar-refractivity contribution is -0.137. The zero-order chi connectivity index (χ0) is 19.1. The molecule has 2 unspecified atom stereocenters. The number of aryl methyl sites for hydroxylation is 1. The Kier molecular flexibility index (Phi) is 4.74. The number of alkyl halides is 3. The molecule has 0 saturated heterocycles. The molecule has 0 aliphatic heterocycles. The molecule has 8 heteroatoms. The highest BCUT2D eigenvalue weighted by Gasteiger charge is 2.36. The number of hydrogen-bond donors (Lipinski definition) is 2. The van der Waals surface area contributed by atoms with E-state index in [2.05, 4.69) is 9.97 Å². The van der Waals surface area contributed by atoms with E-state index >= 15 is 0 Å². The van der Waals surface area contributed by atoms with Gasteiger partial charge in [-0.25, -0.2) is 14.4 Å². The summed E-state index contributed by atoms with van der Waals surface area (Å²) in [4.78, 5) is 8.69. The summed E-state index contributed by atoms with van der Waals surface area (Å²) < 4.78 is 52.3. The van der Waals surface area contributed by atoms with E-state index in [0.29, 0.717) is 36.0 Å². The molecule has 0 radical (unpaired) electrons. The molecule has 0 amide bonds. The maximum absolute atomic E-state index is 14.2. The van der Waals surface area contributed by atoms with Crippen LogP contribution in [0, 0.1) is 12.7 Å². The average molecular weight is 368 g/mol. The van der Waals surface area contributed by atoms with Crippen molar-refractivity contribution in [3.63, 3.8) is 0 Å². The minimum atomic E-state index is -4.60. The molecule has 2 atom stereocenters. The second kappa shape index (κ2) is 6.59. The largest absolute Gasteiger partial charge is 0.416 e. The van der Waals surface area contributed by atoms with Gasteiger partial charge in [0.05, 0.1) is 11.1 Å². The predicted molar refractivity (Wildman–Crippen MR) is 89.5 cm³/mol. The minimum Gasteiger partial charge on any atom is -0.328 e. The Morgan fingerprint density at radius 3 is 2.54 bits per heavy atom. The van der Waals surface area contributed by atoms with E-state index in [1.54, 1.807) is 6.92 Å². The molecule has 4 nitrogen and oxygen atoms in total. The van der Waals surface area contributed by atoms with E-state index in [1.165, 1.54) is 6.20 Å². The Bertz CT molecular complexity index is 821. The summed E-state index contributed by atoms with van der Waals surface area (Å²) in [5.74, 6) is -0.539. The molecule has 140 valence electrons. The Hall–Kier alpha value is -2.06. The third-order valence-corrected chi connectivity index (χ3v) is 4.84. The summed E-state index contributed by atoms with van der Waals surface area (Å²) in [5, 5.41) is 0. The van der Waals surface area contributed by atoms with E-state index in [-0.39, 0.29) is 11.6 Å². The number of rotatable bonds is 2. The zero-order valence-corrected chi connectivity index (χ0v) is 14.3. The van der Waals surface area contributed by atoms with Gasteiger partial charge in [-0.3, -0.25) is 0 Å². The Labute approximate surface area is 148 Å². The number of aromatic nitrogens is 2. The molecule has 4 N–H and O–H groups in total. The van der Waals surface area contributed by atoms with Crippen LogP contribution < -0.4 is 11.5 Å². The Balaban J connectivity index is 1.96. The van der Waals surface area contributed by atoms with Crippen molar-refractivity contribution in [2.75, 3.05) is 0 Å². The third-order valence-electron chi connectivity index (χ3n) is 4.84. The molecule has 0 spiro atoms. The fourth-order valence-electron chi connectivity index (χ4n) is 3.44. The van der Waals surface area contributed by atoms with Crippen molar-refractivity contribution >= 4 is 0 Å². The van der Waals surface area contributed by atoms with Crippen molar-refractivity contribution < 1.29 is 17.6 Å². The van der Waals surface area contributed by atoms with Crippen LogP contribution in [0.1, 0.15) is 42.8 Å². The summed E-state index contributed by atoms with van der Waals surface area (Å²) in [6.45, 7) is 1.66. The Morgan fingerprint density at radius 2 is 1.96 bits per heavy atom. The molecule has 1 aromatic heterocycles. The van der Waals surface area contributed by atoms with Gasteiger partial charge in [-0.15, -0.1) is 0 Å². The summed E-state index contributed by atoms with van der Waals surface area (Å²) in [5.41, 5.74) is 11.5. The number of hydrogen-bond acceptors (Lipinski definition) is 4. The van der Waals surface area contributed by atoms with Gasteiger partial charge in [0.2, 0.25) is 0 Å². The van der Waals surface area contributed by atoms with Gasteiger partial charge in [0.15, 0.2) is 0 Å². The molecule has 1 aliphatic carbocycles. The molecule has 1 heterocycles. The maximum atomic E-state index is 14.2. The van der Waals surface area contributed by atoms with Crippen molar-refractivity contribution in [2.45, 2.75) is 50.4 Å². The lowest BCUT2D eigenvalue weighted by atomic mass is 9.79. The first-order valence-corrected chi connectivity index (χ1v) is 8.36. The van der Waals surface area contributed by atoms with Crippen molar-refractivity contribution in [3.8, 4) is 11.1 Å². The number of benzene rings is 1. The molecule has 1 saturated carbocycles. The first-order valence-electron chi connectivity index (χ1n) is 8.36. The normalized spacial score (nSPS) is 23.9. The molecule has 0 bridgehead atoms. The molecular weight excluding hydrogens is 348 g/mol. The highest BCUT2D eigenvalue weighted by Crippen LogP contribution is 2.35. The molecular formula is C18H20F4N4. The van der Waals surface area contributed by atoms with Crippen LogP contribution in [0.2, 0.25) is 0 Å². The van der Waals surface area contributed by atoms with Gasteiger partial charge >= 0.3 is 6.18 Å². The SMILES string of the molecule is Cc1nc(C2(N)CCCC(N)C2)ncc1-c1ccc(C(F)(F)F)cc1F. The zero-order valence-electron chi connectivity index (χ0n) is 14.3. The fourth-order valence-corrected chi connectivity index (χ4v) is 3.44. The molecule has 2 aromatic rings. The standard InChI is InChI=1S/C18H20F4N4/c1-10-14(13-5-4-11(7-15(13)19)18(20,21)22)9-25-16(26-10)17(24)6-2-3-12(23)8-17/h4-5,7,9,12H,2-3,6,8,23-24H2,1H3. The lowest BCUT2D eigenvalue weighted by Gasteiger charge is -2.35. The van der Waals surface area contributed by atoms with E-state index < -0.39 is 23.1 Å². The van der Waals surface area contributed by atoms with Crippen LogP contribution in [0.15, 0.2) is 24.4 Å². The highest BCUT2D eigenvalue weighted by molar-refractivity contribution is 5.66. The van der Waals surface area contributed by atoms with Gasteiger partial charge in [0, 0.05) is 29.1 Å². The lowest BCUT2D eigenvalue weighted by Crippen LogP contribution is -2.47. The van der Waals surface area contributed by atoms with Crippen LogP contribution in [-0.2, 0) is 11.7 Å². The third kappa shape index (κ3) is 3.57. The molecule has 26 heavy (non-hydrogen) atoms. The molecule has 1 fully saturated rings. The summed E-state index contributed by atoms with van der Waals surface area (Å²) in [6.07, 6.45) is -0.158. The fraction of sp³-hybridized carbons (Fsp3) is 0.444. The van der Waals surface area contributed by atoms with E-state index in [1.807, 2.05) is 0 Å². The first kappa shape index (κ1) is 18.7. The van der Waals surface area contributed by atoms with Gasteiger partial charge in [-0.2, -0.15) is 13.2 Å². The number of nitrogens with two attached hydrogens (primary N) is 2. The topological polar surface area (TPSA) is 77.8 Å². The van der Waals surface area contributed by atoms with E-state index in [4.69, 9.17) is 11.5 Å². The van der Waals surface area contributed by atoms with Crippen LogP contribution in [-0.4, -0.2) is 16.0 Å². The van der Waals surface area contributed by atoms with Crippen molar-refractivity contribution in [1.82, 2.24) is 9.97 Å². The molecule has 1 aliphatic rings. The second-order valence-corrected chi connectivity index (χ2v) is 6.90. The van der Waals surface area contributed by atoms with Crippen molar-refractivity contribution in [2.24, 2.45) is 11.5 Å². The average Bonchev–Trinajstić information content (AvgIpc) is 2.54. The maximum Gasteiger partial charge on any atom is 0.416 e. The first-order chi connectivity index (χ1) is 12.1. The van der Waals surface area contributed by atoms with Crippen LogP contribution in [0.3, 0.4) is 0 Å². The van der Waals surface area contributed by atoms with Crippen LogP contribution >= 0.6 is 0 Å². The van der Waals surface area contributed by atoms with Crippen LogP contribution in [0.25, 0.3) is 11.1 Å². The van der Waals surface area contributed by atoms with Gasteiger partial charge in [0.1, 0.15) is 11.6 Å². The van der Waals surface area contributed by atoms with Crippen LogP contribution in [0.5, 0.6) is 0 Å². The van der Waals surface area contributed by atoms with Gasteiger partial charge in [0.25, 0.3) is 0 Å². The van der Waals surface area contributed by atoms with Gasteiger partial charge in [-0.1, -0.05) is 6.07 Å². The highest BCUT2D eigenvalue weighted by atomic mass is 19.4.